The van der Waals surface area contributed by atoms with Gasteiger partial charge in [-0.05, 0) is 17.7 Å². The van der Waals surface area contributed by atoms with Crippen LogP contribution in [-0.4, -0.2) is 44.8 Å². The molecule has 2 aromatic carbocycles. The molecule has 6 heteroatoms. The zero-order valence-electron chi connectivity index (χ0n) is 15.3. The van der Waals surface area contributed by atoms with Gasteiger partial charge in [0.15, 0.2) is 6.61 Å². The Kier molecular flexibility index (Phi) is 6.96. The summed E-state index contributed by atoms with van der Waals surface area (Å²) in [6.07, 6.45) is 0. The average molecular weight is 369 g/mol. The van der Waals surface area contributed by atoms with Gasteiger partial charge in [0.1, 0.15) is 19.6 Å². The maximum absolute atomic E-state index is 12.1. The van der Waals surface area contributed by atoms with Crippen molar-refractivity contribution in [2.45, 2.75) is 13.1 Å². The number of rotatable bonds is 7. The lowest BCUT2D eigenvalue weighted by Crippen LogP contribution is -3.12. The number of hydrogen-bond acceptors (Lipinski definition) is 4. The van der Waals surface area contributed by atoms with Crippen molar-refractivity contribution in [1.82, 2.24) is 5.32 Å². The molecular weight excluding hydrogens is 344 g/mol. The molecule has 6 nitrogen and oxygen atoms in total. The summed E-state index contributed by atoms with van der Waals surface area (Å²) in [7, 11) is 0. The van der Waals surface area contributed by atoms with Crippen LogP contribution in [0, 0.1) is 0 Å². The number of hydrogen-bond donors (Lipinski definition) is 2. The Balaban J connectivity index is 1.41. The van der Waals surface area contributed by atoms with Gasteiger partial charge in [-0.15, -0.1) is 0 Å². The molecule has 1 fully saturated rings. The van der Waals surface area contributed by atoms with Gasteiger partial charge in [0, 0.05) is 12.1 Å². The number of carbonyl (C=O) groups excluding carboxylic acids is 2. The van der Waals surface area contributed by atoms with Gasteiger partial charge in [-0.1, -0.05) is 42.5 Å². The van der Waals surface area contributed by atoms with E-state index in [1.54, 1.807) is 12.1 Å². The topological polar surface area (TPSA) is 69.1 Å². The monoisotopic (exact) mass is 369 g/mol. The molecular formula is C21H25N2O4+. The molecule has 0 saturated carbocycles. The van der Waals surface area contributed by atoms with E-state index in [1.807, 2.05) is 42.5 Å². The quantitative estimate of drug-likeness (QED) is 0.701. The normalized spacial score (nSPS) is 14.5. The molecule has 142 valence electrons. The maximum Gasteiger partial charge on any atom is 0.338 e. The zero-order valence-corrected chi connectivity index (χ0v) is 15.3. The number of benzene rings is 2. The highest BCUT2D eigenvalue weighted by Gasteiger charge is 2.15. The van der Waals surface area contributed by atoms with Crippen LogP contribution in [0.15, 0.2) is 54.6 Å². The second-order valence-corrected chi connectivity index (χ2v) is 6.57. The molecule has 1 saturated heterocycles. The fourth-order valence-corrected chi connectivity index (χ4v) is 2.95. The summed E-state index contributed by atoms with van der Waals surface area (Å²) in [6.45, 7) is 4.64. The molecule has 1 heterocycles. The van der Waals surface area contributed by atoms with E-state index < -0.39 is 5.97 Å². The van der Waals surface area contributed by atoms with E-state index >= 15 is 0 Å². The molecule has 1 amide bonds. The molecule has 0 radical (unpaired) electrons. The van der Waals surface area contributed by atoms with Crippen LogP contribution in [-0.2, 0) is 27.4 Å². The van der Waals surface area contributed by atoms with Crippen LogP contribution in [0.3, 0.4) is 0 Å². The highest BCUT2D eigenvalue weighted by molar-refractivity contribution is 5.91. The van der Waals surface area contributed by atoms with Gasteiger partial charge in [-0.3, -0.25) is 4.79 Å². The SMILES string of the molecule is O=C(COC(=O)c1ccc(C[NH+]2CCOCC2)cc1)NCc1ccccc1. The third-order valence-corrected chi connectivity index (χ3v) is 4.51. The van der Waals surface area contributed by atoms with Crippen LogP contribution in [0.25, 0.3) is 0 Å². The number of esters is 1. The summed E-state index contributed by atoms with van der Waals surface area (Å²) in [5.41, 5.74) is 2.62. The Hall–Kier alpha value is -2.70. The summed E-state index contributed by atoms with van der Waals surface area (Å²) in [5, 5.41) is 2.73. The molecule has 1 aliphatic rings. The highest BCUT2D eigenvalue weighted by Crippen LogP contribution is 2.06. The van der Waals surface area contributed by atoms with Gasteiger partial charge in [-0.2, -0.15) is 0 Å². The van der Waals surface area contributed by atoms with Gasteiger partial charge in [0.25, 0.3) is 5.91 Å². The van der Waals surface area contributed by atoms with Gasteiger partial charge < -0.3 is 19.7 Å². The predicted molar refractivity (Wildman–Crippen MR) is 100 cm³/mol. The third-order valence-electron chi connectivity index (χ3n) is 4.51. The molecule has 2 aromatic rings. The van der Waals surface area contributed by atoms with Crippen molar-refractivity contribution in [3.8, 4) is 0 Å². The van der Waals surface area contributed by atoms with E-state index in [4.69, 9.17) is 9.47 Å². The average Bonchev–Trinajstić information content (AvgIpc) is 2.72. The molecule has 27 heavy (non-hydrogen) atoms. The van der Waals surface area contributed by atoms with E-state index in [2.05, 4.69) is 5.32 Å². The smallest absolute Gasteiger partial charge is 0.338 e. The second-order valence-electron chi connectivity index (χ2n) is 6.57. The number of quaternary nitrogens is 1. The number of morpholine rings is 1. The molecule has 0 spiro atoms. The van der Waals surface area contributed by atoms with Crippen LogP contribution in [0.4, 0.5) is 0 Å². The van der Waals surface area contributed by atoms with E-state index in [-0.39, 0.29) is 12.5 Å². The minimum absolute atomic E-state index is 0.286. The Bertz CT molecular complexity index is 741. The number of amides is 1. The van der Waals surface area contributed by atoms with Crippen LogP contribution in [0.2, 0.25) is 0 Å². The van der Waals surface area contributed by atoms with E-state index in [1.165, 1.54) is 10.5 Å². The molecule has 0 bridgehead atoms. The largest absolute Gasteiger partial charge is 0.452 e. The van der Waals surface area contributed by atoms with Crippen LogP contribution < -0.4 is 10.2 Å². The second kappa shape index (κ2) is 9.85. The minimum Gasteiger partial charge on any atom is -0.452 e. The fraction of sp³-hybridized carbons (Fsp3) is 0.333. The Labute approximate surface area is 159 Å². The predicted octanol–water partition coefficient (Wildman–Crippen LogP) is 0.575. The first-order chi connectivity index (χ1) is 13.2. The van der Waals surface area contributed by atoms with Crippen molar-refractivity contribution < 1.29 is 24.0 Å². The summed E-state index contributed by atoms with van der Waals surface area (Å²) in [5.74, 6) is -0.810. The molecule has 0 aromatic heterocycles. The summed E-state index contributed by atoms with van der Waals surface area (Å²) >= 11 is 0. The van der Waals surface area contributed by atoms with Crippen molar-refractivity contribution in [3.63, 3.8) is 0 Å². The van der Waals surface area contributed by atoms with E-state index in [9.17, 15) is 9.59 Å². The first-order valence-corrected chi connectivity index (χ1v) is 9.19. The standard InChI is InChI=1S/C21H24N2O4/c24-20(22-14-17-4-2-1-3-5-17)16-27-21(25)19-8-6-18(7-9-19)15-23-10-12-26-13-11-23/h1-9H,10-16H2,(H,22,24)/p+1. The molecule has 3 rings (SSSR count). The molecule has 1 aliphatic heterocycles. The summed E-state index contributed by atoms with van der Waals surface area (Å²) < 4.78 is 10.5. The lowest BCUT2D eigenvalue weighted by atomic mass is 10.1. The van der Waals surface area contributed by atoms with Crippen LogP contribution in [0.1, 0.15) is 21.5 Å². The van der Waals surface area contributed by atoms with Crippen molar-refractivity contribution in [3.05, 3.63) is 71.3 Å². The lowest BCUT2D eigenvalue weighted by Gasteiger charge is -2.23. The highest BCUT2D eigenvalue weighted by atomic mass is 16.5. The molecule has 0 unspecified atom stereocenters. The number of ether oxygens (including phenoxy) is 2. The third kappa shape index (κ3) is 6.20. The van der Waals surface area contributed by atoms with Crippen molar-refractivity contribution in [2.24, 2.45) is 0 Å². The van der Waals surface area contributed by atoms with Crippen LogP contribution >= 0.6 is 0 Å². The zero-order chi connectivity index (χ0) is 18.9. The summed E-state index contributed by atoms with van der Waals surface area (Å²) in [4.78, 5) is 25.4. The van der Waals surface area contributed by atoms with Gasteiger partial charge >= 0.3 is 5.97 Å². The van der Waals surface area contributed by atoms with Crippen molar-refractivity contribution in [2.75, 3.05) is 32.9 Å². The van der Waals surface area contributed by atoms with E-state index in [0.717, 1.165) is 38.4 Å². The molecule has 0 aliphatic carbocycles. The number of nitrogens with one attached hydrogen (secondary N) is 2. The first kappa shape index (κ1) is 19.1. The number of carbonyl (C=O) groups is 2. The lowest BCUT2D eigenvalue weighted by molar-refractivity contribution is -0.921. The van der Waals surface area contributed by atoms with Gasteiger partial charge in [-0.25, -0.2) is 4.79 Å². The van der Waals surface area contributed by atoms with Crippen molar-refractivity contribution >= 4 is 11.9 Å². The van der Waals surface area contributed by atoms with Crippen molar-refractivity contribution in [1.29, 1.82) is 0 Å². The van der Waals surface area contributed by atoms with Crippen LogP contribution in [0.5, 0.6) is 0 Å². The Morgan fingerprint density at radius 3 is 2.37 bits per heavy atom. The van der Waals surface area contributed by atoms with Gasteiger partial charge in [0.2, 0.25) is 0 Å². The minimum atomic E-state index is -0.491. The molecule has 2 N–H and O–H groups in total. The first-order valence-electron chi connectivity index (χ1n) is 9.19. The maximum atomic E-state index is 12.1. The molecule has 0 atom stereocenters. The fourth-order valence-electron chi connectivity index (χ4n) is 2.95. The Morgan fingerprint density at radius 1 is 0.963 bits per heavy atom. The summed E-state index contributed by atoms with van der Waals surface area (Å²) in [6, 6.07) is 17.0. The van der Waals surface area contributed by atoms with Gasteiger partial charge in [0.05, 0.1) is 18.8 Å². The van der Waals surface area contributed by atoms with E-state index in [0.29, 0.717) is 12.1 Å². The Morgan fingerprint density at radius 2 is 1.67 bits per heavy atom.